The lowest BCUT2D eigenvalue weighted by molar-refractivity contribution is 0.305. The van der Waals surface area contributed by atoms with Crippen molar-refractivity contribution >= 4 is 10.0 Å². The number of aryl methyl sites for hydroxylation is 1. The van der Waals surface area contributed by atoms with Crippen LogP contribution in [0.5, 0.6) is 0 Å². The lowest BCUT2D eigenvalue weighted by atomic mass is 9.91. The largest absolute Gasteiger partial charge is 0.317 e. The molecule has 26 heavy (non-hydrogen) atoms. The van der Waals surface area contributed by atoms with Crippen LogP contribution in [0, 0.1) is 0 Å². The molecule has 1 N–H and O–H groups in total. The molecule has 6 nitrogen and oxygen atoms in total. The summed E-state index contributed by atoms with van der Waals surface area (Å²) in [5.74, 6) is 0. The molecular weight excluding hydrogens is 348 g/mol. The third kappa shape index (κ3) is 4.92. The zero-order valence-corrected chi connectivity index (χ0v) is 16.2. The number of aromatic nitrogens is 3. The maximum absolute atomic E-state index is 12.7. The van der Waals surface area contributed by atoms with E-state index in [1.54, 1.807) is 24.8 Å². The smallest absolute Gasteiger partial charge is 0.240 e. The second-order valence-corrected chi connectivity index (χ2v) is 8.86. The number of sulfonamides is 1. The first kappa shape index (κ1) is 19.0. The van der Waals surface area contributed by atoms with Gasteiger partial charge in [0.1, 0.15) is 12.7 Å². The number of nitrogens with zero attached hydrogens (tertiary/aromatic N) is 3. The average Bonchev–Trinajstić information content (AvgIpc) is 3.17. The molecule has 3 rings (SSSR count). The van der Waals surface area contributed by atoms with Crippen LogP contribution < -0.4 is 4.72 Å². The van der Waals surface area contributed by atoms with Crippen molar-refractivity contribution in [2.75, 3.05) is 0 Å². The van der Waals surface area contributed by atoms with E-state index in [-0.39, 0.29) is 12.1 Å². The Morgan fingerprint density at radius 1 is 1.12 bits per heavy atom. The first-order valence-corrected chi connectivity index (χ1v) is 11.0. The van der Waals surface area contributed by atoms with Crippen molar-refractivity contribution < 1.29 is 8.42 Å². The van der Waals surface area contributed by atoms with Gasteiger partial charge in [0, 0.05) is 12.1 Å². The number of hydrogen-bond donors (Lipinski definition) is 1. The summed E-state index contributed by atoms with van der Waals surface area (Å²) >= 11 is 0. The molecule has 0 spiro atoms. The average molecular weight is 377 g/mol. The zero-order chi connectivity index (χ0) is 18.4. The van der Waals surface area contributed by atoms with E-state index in [0.29, 0.717) is 4.90 Å². The summed E-state index contributed by atoms with van der Waals surface area (Å²) < 4.78 is 30.3. The third-order valence-electron chi connectivity index (χ3n) is 5.13. The van der Waals surface area contributed by atoms with Crippen LogP contribution in [-0.4, -0.2) is 29.2 Å². The van der Waals surface area contributed by atoms with E-state index in [2.05, 4.69) is 21.8 Å². The Morgan fingerprint density at radius 3 is 2.54 bits per heavy atom. The predicted octanol–water partition coefficient (Wildman–Crippen LogP) is 3.47. The van der Waals surface area contributed by atoms with Crippen molar-refractivity contribution in [2.24, 2.45) is 0 Å². The molecule has 1 aliphatic rings. The molecule has 1 fully saturated rings. The van der Waals surface area contributed by atoms with Gasteiger partial charge in [-0.05, 0) is 56.2 Å². The normalized spacial score (nSPS) is 21.0. The fourth-order valence-corrected chi connectivity index (χ4v) is 4.92. The third-order valence-corrected chi connectivity index (χ3v) is 6.67. The van der Waals surface area contributed by atoms with Crippen LogP contribution in [0.1, 0.15) is 63.5 Å². The summed E-state index contributed by atoms with van der Waals surface area (Å²) in [6.45, 7) is 2.18. The fraction of sp³-hybridized carbons (Fsp3) is 0.579. The van der Waals surface area contributed by atoms with Crippen LogP contribution in [0.3, 0.4) is 0 Å². The summed E-state index contributed by atoms with van der Waals surface area (Å²) in [5, 5.41) is 7.71. The number of benzene rings is 1. The lowest BCUT2D eigenvalue weighted by Gasteiger charge is -2.30. The second kappa shape index (κ2) is 8.77. The van der Waals surface area contributed by atoms with E-state index in [0.717, 1.165) is 38.5 Å². The molecule has 2 atom stereocenters. The SMILES string of the molecule is CCCCCc1ccc(S(=O)(=O)N[C@H]2CCC[C@@H](n3cnnc3)C2)cc1. The van der Waals surface area contributed by atoms with Gasteiger partial charge < -0.3 is 4.57 Å². The molecular formula is C19H28N4O2S. The van der Waals surface area contributed by atoms with Crippen molar-refractivity contribution in [3.8, 4) is 0 Å². The zero-order valence-electron chi connectivity index (χ0n) is 15.3. The molecule has 0 amide bonds. The van der Waals surface area contributed by atoms with Gasteiger partial charge in [-0.25, -0.2) is 13.1 Å². The second-order valence-electron chi connectivity index (χ2n) is 7.15. The van der Waals surface area contributed by atoms with Crippen LogP contribution in [0.15, 0.2) is 41.8 Å². The fourth-order valence-electron chi connectivity index (χ4n) is 3.64. The van der Waals surface area contributed by atoms with Gasteiger partial charge in [-0.2, -0.15) is 0 Å². The van der Waals surface area contributed by atoms with E-state index in [4.69, 9.17) is 0 Å². The highest BCUT2D eigenvalue weighted by molar-refractivity contribution is 7.89. The van der Waals surface area contributed by atoms with Gasteiger partial charge in [-0.3, -0.25) is 0 Å². The van der Waals surface area contributed by atoms with Crippen LogP contribution in [-0.2, 0) is 16.4 Å². The van der Waals surface area contributed by atoms with Crippen LogP contribution >= 0.6 is 0 Å². The minimum absolute atomic E-state index is 0.0506. The van der Waals surface area contributed by atoms with Crippen LogP contribution in [0.4, 0.5) is 0 Å². The van der Waals surface area contributed by atoms with E-state index in [9.17, 15) is 8.42 Å². The Labute approximate surface area is 156 Å². The molecule has 1 heterocycles. The molecule has 0 saturated heterocycles. The minimum Gasteiger partial charge on any atom is -0.317 e. The summed E-state index contributed by atoms with van der Waals surface area (Å²) in [6, 6.07) is 7.53. The van der Waals surface area contributed by atoms with Crippen molar-refractivity contribution in [3.63, 3.8) is 0 Å². The molecule has 7 heteroatoms. The first-order valence-electron chi connectivity index (χ1n) is 9.54. The maximum atomic E-state index is 12.7. The molecule has 0 bridgehead atoms. The minimum atomic E-state index is -3.48. The molecule has 1 aromatic heterocycles. The summed E-state index contributed by atoms with van der Waals surface area (Å²) in [5.41, 5.74) is 1.20. The van der Waals surface area contributed by atoms with E-state index in [1.807, 2.05) is 16.7 Å². The molecule has 1 aromatic carbocycles. The van der Waals surface area contributed by atoms with Crippen molar-refractivity contribution in [3.05, 3.63) is 42.5 Å². The molecule has 142 valence electrons. The summed E-state index contributed by atoms with van der Waals surface area (Å²) in [4.78, 5) is 0.350. The number of rotatable bonds is 8. The van der Waals surface area contributed by atoms with Crippen molar-refractivity contribution in [1.29, 1.82) is 0 Å². The Hall–Kier alpha value is -1.73. The highest BCUT2D eigenvalue weighted by Crippen LogP contribution is 2.29. The van der Waals surface area contributed by atoms with E-state index in [1.165, 1.54) is 18.4 Å². The molecule has 1 aliphatic carbocycles. The van der Waals surface area contributed by atoms with Gasteiger partial charge >= 0.3 is 0 Å². The Balaban J connectivity index is 1.61. The van der Waals surface area contributed by atoms with E-state index < -0.39 is 10.0 Å². The quantitative estimate of drug-likeness (QED) is 0.716. The Morgan fingerprint density at radius 2 is 1.85 bits per heavy atom. The van der Waals surface area contributed by atoms with Crippen molar-refractivity contribution in [1.82, 2.24) is 19.5 Å². The predicted molar refractivity (Wildman–Crippen MR) is 101 cm³/mol. The summed E-state index contributed by atoms with van der Waals surface area (Å²) in [6.07, 6.45) is 11.6. The van der Waals surface area contributed by atoms with Gasteiger partial charge in [0.2, 0.25) is 10.0 Å². The van der Waals surface area contributed by atoms with Gasteiger partial charge in [0.15, 0.2) is 0 Å². The monoisotopic (exact) mass is 376 g/mol. The van der Waals surface area contributed by atoms with Gasteiger partial charge in [0.25, 0.3) is 0 Å². The molecule has 1 saturated carbocycles. The van der Waals surface area contributed by atoms with Crippen LogP contribution in [0.2, 0.25) is 0 Å². The number of nitrogens with one attached hydrogen (secondary N) is 1. The van der Waals surface area contributed by atoms with E-state index >= 15 is 0 Å². The maximum Gasteiger partial charge on any atom is 0.240 e. The Bertz CT molecular complexity index is 772. The van der Waals surface area contributed by atoms with Gasteiger partial charge in [-0.15, -0.1) is 10.2 Å². The molecule has 0 aliphatic heterocycles. The molecule has 0 radical (unpaired) electrons. The van der Waals surface area contributed by atoms with Crippen molar-refractivity contribution in [2.45, 2.75) is 75.3 Å². The summed E-state index contributed by atoms with van der Waals surface area (Å²) in [7, 11) is -3.48. The molecule has 0 unspecified atom stereocenters. The standard InChI is InChI=1S/C19H28N4O2S/c1-2-3-4-6-16-9-11-19(12-10-16)26(24,25)22-17-7-5-8-18(13-17)23-14-20-21-15-23/h9-12,14-15,17-18,22H,2-8,13H2,1H3/t17-,18+/m0/s1. The number of unbranched alkanes of at least 4 members (excludes halogenated alkanes) is 2. The number of hydrogen-bond acceptors (Lipinski definition) is 4. The lowest BCUT2D eigenvalue weighted by Crippen LogP contribution is -2.38. The topological polar surface area (TPSA) is 76.9 Å². The molecule has 2 aromatic rings. The highest BCUT2D eigenvalue weighted by Gasteiger charge is 2.27. The van der Waals surface area contributed by atoms with Gasteiger partial charge in [0.05, 0.1) is 4.90 Å². The highest BCUT2D eigenvalue weighted by atomic mass is 32.2. The first-order chi connectivity index (χ1) is 12.6. The Kier molecular flexibility index (Phi) is 6.43. The van der Waals surface area contributed by atoms with Crippen LogP contribution in [0.25, 0.3) is 0 Å². The van der Waals surface area contributed by atoms with Gasteiger partial charge in [-0.1, -0.05) is 31.9 Å².